The molecule has 0 aliphatic heterocycles. The second-order valence-electron chi connectivity index (χ2n) is 7.03. The van der Waals surface area contributed by atoms with E-state index in [4.69, 9.17) is 0 Å². The number of aryl methyl sites for hydroxylation is 2. The Bertz CT molecular complexity index is 1140. The van der Waals surface area contributed by atoms with Gasteiger partial charge in [-0.1, -0.05) is 0 Å². The van der Waals surface area contributed by atoms with Crippen molar-refractivity contribution in [2.24, 2.45) is 0 Å². The Morgan fingerprint density at radius 1 is 1.09 bits per heavy atom. The van der Waals surface area contributed by atoms with Crippen LogP contribution in [0.2, 0.25) is 0 Å². The van der Waals surface area contributed by atoms with Crippen LogP contribution in [0.25, 0.3) is 22.0 Å². The van der Waals surface area contributed by atoms with Gasteiger partial charge in [-0.2, -0.15) is 13.2 Å². The fourth-order valence-corrected chi connectivity index (χ4v) is 3.12. The molecule has 2 aromatic heterocycles. The van der Waals surface area contributed by atoms with Gasteiger partial charge in [-0.05, 0) is 43.2 Å². The number of hydrogen-bond donors (Lipinski definition) is 3. The number of carbonyl (C=O) groups excluding carboxylic acids is 1. The van der Waals surface area contributed by atoms with Crippen molar-refractivity contribution in [3.05, 3.63) is 47.5 Å². The van der Waals surface area contributed by atoms with Crippen molar-refractivity contribution in [3.63, 3.8) is 0 Å². The molecule has 3 rings (SSSR count). The number of nitrogens with one attached hydrogen (secondary N) is 3. The molecule has 0 atom stereocenters. The monoisotopic (exact) mass is 471 g/mol. The summed E-state index contributed by atoms with van der Waals surface area (Å²) in [7, 11) is 1.76. The van der Waals surface area contributed by atoms with Crippen LogP contribution in [0, 0.1) is 19.7 Å². The SMILES string of the molecule is CNc1cc2nc(C)c(-c3cc(NC(=O)NCCC(F)(F)F)c(F)cc3C)cc2cn1.Cl. The summed E-state index contributed by atoms with van der Waals surface area (Å²) < 4.78 is 51.1. The van der Waals surface area contributed by atoms with Crippen LogP contribution in [0.5, 0.6) is 0 Å². The van der Waals surface area contributed by atoms with Crippen LogP contribution in [0.15, 0.2) is 30.5 Å². The summed E-state index contributed by atoms with van der Waals surface area (Å²) >= 11 is 0. The first-order chi connectivity index (χ1) is 14.6. The summed E-state index contributed by atoms with van der Waals surface area (Å²) in [6, 6.07) is 5.46. The first-order valence-corrected chi connectivity index (χ1v) is 9.44. The molecule has 2 amide bonds. The predicted octanol–water partition coefficient (Wildman–Crippen LogP) is 5.59. The molecule has 6 nitrogen and oxygen atoms in total. The fraction of sp³-hybridized carbons (Fsp3) is 0.286. The number of hydrogen-bond acceptors (Lipinski definition) is 4. The van der Waals surface area contributed by atoms with Gasteiger partial charge in [0.15, 0.2) is 0 Å². The lowest BCUT2D eigenvalue weighted by atomic mass is 9.97. The topological polar surface area (TPSA) is 78.9 Å². The molecule has 0 aliphatic rings. The summed E-state index contributed by atoms with van der Waals surface area (Å²) in [5, 5.41) is 8.07. The Morgan fingerprint density at radius 3 is 2.47 bits per heavy atom. The Balaban J connectivity index is 0.00000363. The van der Waals surface area contributed by atoms with Gasteiger partial charge < -0.3 is 16.0 Å². The largest absolute Gasteiger partial charge is 0.390 e. The van der Waals surface area contributed by atoms with E-state index in [0.717, 1.165) is 16.5 Å². The summed E-state index contributed by atoms with van der Waals surface area (Å²) in [4.78, 5) is 20.8. The highest BCUT2D eigenvalue weighted by molar-refractivity contribution is 5.92. The van der Waals surface area contributed by atoms with Gasteiger partial charge in [-0.15, -0.1) is 12.4 Å². The highest BCUT2D eigenvalue weighted by Gasteiger charge is 2.26. The summed E-state index contributed by atoms with van der Waals surface area (Å²) in [5.74, 6) is -0.0212. The molecule has 0 radical (unpaired) electrons. The zero-order chi connectivity index (χ0) is 22.8. The minimum absolute atomic E-state index is 0. The molecule has 3 aromatic rings. The average Bonchev–Trinajstić information content (AvgIpc) is 2.68. The van der Waals surface area contributed by atoms with E-state index in [0.29, 0.717) is 22.6 Å². The Kier molecular flexibility index (Phi) is 7.84. The van der Waals surface area contributed by atoms with E-state index < -0.39 is 31.0 Å². The van der Waals surface area contributed by atoms with Crippen molar-refractivity contribution in [3.8, 4) is 11.1 Å². The van der Waals surface area contributed by atoms with Gasteiger partial charge in [0.2, 0.25) is 0 Å². The Morgan fingerprint density at radius 2 is 1.81 bits per heavy atom. The molecular weight excluding hydrogens is 450 g/mol. The first-order valence-electron chi connectivity index (χ1n) is 9.44. The third-order valence-corrected chi connectivity index (χ3v) is 4.69. The average molecular weight is 472 g/mol. The number of nitrogens with zero attached hydrogens (tertiary/aromatic N) is 2. The molecule has 0 saturated heterocycles. The molecule has 0 bridgehead atoms. The lowest BCUT2D eigenvalue weighted by Gasteiger charge is -2.15. The fourth-order valence-electron chi connectivity index (χ4n) is 3.12. The van der Waals surface area contributed by atoms with E-state index >= 15 is 0 Å². The molecule has 1 aromatic carbocycles. The number of pyridine rings is 2. The van der Waals surface area contributed by atoms with Gasteiger partial charge in [0, 0.05) is 42.5 Å². The predicted molar refractivity (Wildman–Crippen MR) is 119 cm³/mol. The molecule has 0 aliphatic carbocycles. The maximum Gasteiger partial charge on any atom is 0.390 e. The standard InChI is InChI=1S/C21H21F4N5O.ClH/c1-11-6-16(22)18(30-20(31)27-5-4-21(23,24)25)8-14(11)15-7-13-10-28-19(26-3)9-17(13)29-12(15)2;/h6-10H,4-5H2,1-3H3,(H,26,28)(H2,27,30,31);1H. The Labute approximate surface area is 188 Å². The van der Waals surface area contributed by atoms with Gasteiger partial charge >= 0.3 is 12.2 Å². The molecular formula is C21H22ClF4N5O. The van der Waals surface area contributed by atoms with Gasteiger partial charge in [0.05, 0.1) is 17.6 Å². The number of amides is 2. The van der Waals surface area contributed by atoms with Crippen LogP contribution in [0.3, 0.4) is 0 Å². The van der Waals surface area contributed by atoms with Crippen LogP contribution in [0.1, 0.15) is 17.7 Å². The van der Waals surface area contributed by atoms with Crippen molar-refractivity contribution >= 4 is 40.8 Å². The van der Waals surface area contributed by atoms with E-state index in [1.807, 2.05) is 19.1 Å². The van der Waals surface area contributed by atoms with Crippen LogP contribution < -0.4 is 16.0 Å². The van der Waals surface area contributed by atoms with E-state index in [-0.39, 0.29) is 18.1 Å². The van der Waals surface area contributed by atoms with E-state index in [2.05, 4.69) is 25.9 Å². The van der Waals surface area contributed by atoms with Crippen LogP contribution in [-0.2, 0) is 0 Å². The number of benzene rings is 1. The summed E-state index contributed by atoms with van der Waals surface area (Å²) in [6.07, 6.45) is -3.89. The number of rotatable bonds is 5. The van der Waals surface area contributed by atoms with E-state index in [9.17, 15) is 22.4 Å². The molecule has 11 heteroatoms. The Hall–Kier alpha value is -3.14. The van der Waals surface area contributed by atoms with Crippen LogP contribution >= 0.6 is 12.4 Å². The maximum atomic E-state index is 14.4. The van der Waals surface area contributed by atoms with E-state index in [1.54, 1.807) is 20.2 Å². The second kappa shape index (κ2) is 9.99. The summed E-state index contributed by atoms with van der Waals surface area (Å²) in [5.41, 5.74) is 3.26. The minimum Gasteiger partial charge on any atom is -0.373 e. The molecule has 32 heavy (non-hydrogen) atoms. The zero-order valence-electron chi connectivity index (χ0n) is 17.5. The lowest BCUT2D eigenvalue weighted by Crippen LogP contribution is -2.32. The smallest absolute Gasteiger partial charge is 0.373 e. The van der Waals surface area contributed by atoms with Crippen molar-refractivity contribution in [1.82, 2.24) is 15.3 Å². The lowest BCUT2D eigenvalue weighted by molar-refractivity contribution is -0.132. The number of alkyl halides is 3. The number of fused-ring (bicyclic) bond motifs is 1. The third-order valence-electron chi connectivity index (χ3n) is 4.69. The van der Waals surface area contributed by atoms with Gasteiger partial charge in [-0.25, -0.2) is 14.2 Å². The highest BCUT2D eigenvalue weighted by Crippen LogP contribution is 2.32. The zero-order valence-corrected chi connectivity index (χ0v) is 18.3. The van der Waals surface area contributed by atoms with Crippen molar-refractivity contribution < 1.29 is 22.4 Å². The van der Waals surface area contributed by atoms with Crippen LogP contribution in [-0.4, -0.2) is 35.8 Å². The van der Waals surface area contributed by atoms with Crippen molar-refractivity contribution in [1.29, 1.82) is 0 Å². The summed E-state index contributed by atoms with van der Waals surface area (Å²) in [6.45, 7) is 2.93. The number of halogens is 5. The number of urea groups is 1. The van der Waals surface area contributed by atoms with Gasteiger partial charge in [0.1, 0.15) is 11.6 Å². The molecule has 0 fully saturated rings. The van der Waals surface area contributed by atoms with Crippen LogP contribution in [0.4, 0.5) is 33.9 Å². The van der Waals surface area contributed by atoms with E-state index in [1.165, 1.54) is 12.1 Å². The van der Waals surface area contributed by atoms with Gasteiger partial charge in [-0.3, -0.25) is 4.98 Å². The molecule has 0 spiro atoms. The van der Waals surface area contributed by atoms with Crippen molar-refractivity contribution in [2.75, 3.05) is 24.2 Å². The number of anilines is 2. The normalized spacial score (nSPS) is 11.1. The van der Waals surface area contributed by atoms with Gasteiger partial charge in [0.25, 0.3) is 0 Å². The highest BCUT2D eigenvalue weighted by atomic mass is 35.5. The maximum absolute atomic E-state index is 14.4. The molecule has 3 N–H and O–H groups in total. The first kappa shape index (κ1) is 25.1. The quantitative estimate of drug-likeness (QED) is 0.424. The van der Waals surface area contributed by atoms with Crippen molar-refractivity contribution in [2.45, 2.75) is 26.4 Å². The minimum atomic E-state index is -4.39. The molecule has 172 valence electrons. The molecule has 0 unspecified atom stereocenters. The number of aromatic nitrogens is 2. The third kappa shape index (κ3) is 5.97. The molecule has 2 heterocycles. The molecule has 0 saturated carbocycles. The number of carbonyl (C=O) groups is 1. The second-order valence-corrected chi connectivity index (χ2v) is 7.03.